The molecule has 1 aliphatic rings. The zero-order chi connectivity index (χ0) is 23.2. The number of benzene rings is 2. The van der Waals surface area contributed by atoms with Gasteiger partial charge in [-0.2, -0.15) is 0 Å². The number of rotatable bonds is 8. The molecular weight excluding hydrogens is 414 g/mol. The molecule has 168 valence electrons. The van der Waals surface area contributed by atoms with Crippen LogP contribution in [-0.2, 0) is 22.4 Å². The van der Waals surface area contributed by atoms with Crippen LogP contribution in [0.4, 0.5) is 0 Å². The molecule has 1 atom stereocenters. The van der Waals surface area contributed by atoms with Crippen LogP contribution in [0.25, 0.3) is 17.0 Å². The van der Waals surface area contributed by atoms with Crippen molar-refractivity contribution < 1.29 is 19.4 Å². The first-order valence-corrected chi connectivity index (χ1v) is 11.2. The number of carbonyl (C=O) groups excluding carboxylic acids is 1. The van der Waals surface area contributed by atoms with Crippen molar-refractivity contribution in [3.63, 3.8) is 0 Å². The number of aryl methyl sites for hydroxylation is 2. The van der Waals surface area contributed by atoms with Crippen molar-refractivity contribution in [2.75, 3.05) is 6.61 Å². The number of nitrogens with zero attached hydrogens (tertiary/aromatic N) is 1. The average Bonchev–Trinajstić information content (AvgIpc) is 3.24. The topological polar surface area (TPSA) is 68.5 Å². The van der Waals surface area contributed by atoms with E-state index >= 15 is 0 Å². The molecule has 0 radical (unpaired) electrons. The number of esters is 1. The van der Waals surface area contributed by atoms with Gasteiger partial charge in [-0.1, -0.05) is 72.8 Å². The highest BCUT2D eigenvalue weighted by atomic mass is 16.5. The number of allylic oxidation sites excluding steroid dienone is 3. The summed E-state index contributed by atoms with van der Waals surface area (Å²) in [6.45, 7) is 2.07. The quantitative estimate of drug-likeness (QED) is 0.461. The standard InChI is InChI=1S/C28H27NO4/c1-2-33-28(32)25-19-24(17-16-20-10-5-3-6-11-20)29(26(25)21-12-7-4-8-13-21)23-15-9-14-22(18-23)27(30)31/h3-15,19,22H,2,16-18H2,1H3,(H,30,31). The first-order chi connectivity index (χ1) is 16.1. The van der Waals surface area contributed by atoms with Gasteiger partial charge in [-0.05, 0) is 43.0 Å². The van der Waals surface area contributed by atoms with Gasteiger partial charge in [0.25, 0.3) is 0 Å². The molecule has 0 saturated heterocycles. The number of ether oxygens (including phenoxy) is 1. The summed E-state index contributed by atoms with van der Waals surface area (Å²) in [5.41, 5.74) is 5.11. The predicted octanol–water partition coefficient (Wildman–Crippen LogP) is 5.62. The van der Waals surface area contributed by atoms with Gasteiger partial charge in [0.1, 0.15) is 0 Å². The van der Waals surface area contributed by atoms with Crippen molar-refractivity contribution in [3.8, 4) is 11.3 Å². The molecule has 0 amide bonds. The second-order valence-electron chi connectivity index (χ2n) is 8.00. The lowest BCUT2D eigenvalue weighted by molar-refractivity contribution is -0.139. The van der Waals surface area contributed by atoms with Crippen molar-refractivity contribution in [1.29, 1.82) is 0 Å². The van der Waals surface area contributed by atoms with E-state index in [0.717, 1.165) is 29.1 Å². The SMILES string of the molecule is CCOC(=O)c1cc(CCc2ccccc2)n(C2=CC=CC(C(=O)O)C2)c1-c1ccccc1. The Kier molecular flexibility index (Phi) is 6.89. The van der Waals surface area contributed by atoms with Gasteiger partial charge in [0.15, 0.2) is 0 Å². The number of carboxylic acids is 1. The second kappa shape index (κ2) is 10.2. The molecule has 5 heteroatoms. The molecular formula is C28H27NO4. The van der Waals surface area contributed by atoms with Crippen molar-refractivity contribution >= 4 is 17.6 Å². The van der Waals surface area contributed by atoms with Gasteiger partial charge < -0.3 is 14.4 Å². The molecule has 1 aromatic heterocycles. The molecule has 1 aliphatic carbocycles. The number of carbonyl (C=O) groups is 2. The lowest BCUT2D eigenvalue weighted by atomic mass is 9.97. The van der Waals surface area contributed by atoms with Crippen LogP contribution in [0.2, 0.25) is 0 Å². The third kappa shape index (κ3) is 4.98. The maximum absolute atomic E-state index is 13.0. The van der Waals surface area contributed by atoms with Gasteiger partial charge in [0.05, 0.1) is 23.8 Å². The Balaban J connectivity index is 1.86. The summed E-state index contributed by atoms with van der Waals surface area (Å²) < 4.78 is 7.45. The molecule has 0 aliphatic heterocycles. The van der Waals surface area contributed by atoms with Gasteiger partial charge in [-0.25, -0.2) is 4.79 Å². The lowest BCUT2D eigenvalue weighted by Crippen LogP contribution is -2.17. The minimum Gasteiger partial charge on any atom is -0.481 e. The van der Waals surface area contributed by atoms with Crippen molar-refractivity contribution in [3.05, 3.63) is 102 Å². The molecule has 3 aromatic rings. The number of carboxylic acid groups (broad SMARTS) is 1. The van der Waals surface area contributed by atoms with Gasteiger partial charge >= 0.3 is 11.9 Å². The molecule has 0 spiro atoms. The van der Waals surface area contributed by atoms with Crippen LogP contribution < -0.4 is 0 Å². The van der Waals surface area contributed by atoms with Crippen LogP contribution in [0.3, 0.4) is 0 Å². The van der Waals surface area contributed by atoms with Crippen LogP contribution in [0, 0.1) is 5.92 Å². The van der Waals surface area contributed by atoms with E-state index in [0.29, 0.717) is 18.4 Å². The Morgan fingerprint density at radius 2 is 1.73 bits per heavy atom. The Morgan fingerprint density at radius 3 is 2.39 bits per heavy atom. The molecule has 33 heavy (non-hydrogen) atoms. The van der Waals surface area contributed by atoms with E-state index in [-0.39, 0.29) is 12.6 Å². The minimum atomic E-state index is -0.860. The highest BCUT2D eigenvalue weighted by Crippen LogP contribution is 2.35. The van der Waals surface area contributed by atoms with Crippen molar-refractivity contribution in [2.24, 2.45) is 5.92 Å². The first-order valence-electron chi connectivity index (χ1n) is 11.2. The van der Waals surface area contributed by atoms with Crippen LogP contribution in [0.1, 0.15) is 35.0 Å². The predicted molar refractivity (Wildman–Crippen MR) is 129 cm³/mol. The first kappa shape index (κ1) is 22.3. The summed E-state index contributed by atoms with van der Waals surface area (Å²) >= 11 is 0. The molecule has 1 unspecified atom stereocenters. The summed E-state index contributed by atoms with van der Waals surface area (Å²) in [4.78, 5) is 24.7. The largest absolute Gasteiger partial charge is 0.481 e. The molecule has 1 N–H and O–H groups in total. The van der Waals surface area contributed by atoms with Crippen LogP contribution >= 0.6 is 0 Å². The molecule has 0 saturated carbocycles. The monoisotopic (exact) mass is 441 g/mol. The van der Waals surface area contributed by atoms with Gasteiger partial charge in [0, 0.05) is 17.8 Å². The Bertz CT molecular complexity index is 1190. The molecule has 0 bridgehead atoms. The molecule has 2 aromatic carbocycles. The van der Waals surface area contributed by atoms with E-state index in [1.807, 2.05) is 60.7 Å². The fraction of sp³-hybridized carbons (Fsp3) is 0.214. The zero-order valence-corrected chi connectivity index (χ0v) is 18.6. The van der Waals surface area contributed by atoms with Gasteiger partial charge in [-0.3, -0.25) is 4.79 Å². The lowest BCUT2D eigenvalue weighted by Gasteiger charge is -2.22. The summed E-state index contributed by atoms with van der Waals surface area (Å²) in [5, 5.41) is 9.61. The normalized spacial score (nSPS) is 15.2. The van der Waals surface area contributed by atoms with Crippen LogP contribution in [0.5, 0.6) is 0 Å². The summed E-state index contributed by atoms with van der Waals surface area (Å²) in [7, 11) is 0. The Hall–Kier alpha value is -3.86. The third-order valence-corrected chi connectivity index (χ3v) is 5.80. The molecule has 0 fully saturated rings. The zero-order valence-electron chi connectivity index (χ0n) is 18.6. The summed E-state index contributed by atoms with van der Waals surface area (Å²) in [6, 6.07) is 21.8. The third-order valence-electron chi connectivity index (χ3n) is 5.80. The van der Waals surface area contributed by atoms with E-state index in [1.54, 1.807) is 19.1 Å². The summed E-state index contributed by atoms with van der Waals surface area (Å²) in [6.07, 6.45) is 7.27. The Morgan fingerprint density at radius 1 is 1.03 bits per heavy atom. The number of hydrogen-bond donors (Lipinski definition) is 1. The number of hydrogen-bond acceptors (Lipinski definition) is 3. The van der Waals surface area contributed by atoms with E-state index in [2.05, 4.69) is 16.7 Å². The van der Waals surface area contributed by atoms with E-state index in [4.69, 9.17) is 4.74 Å². The van der Waals surface area contributed by atoms with Gasteiger partial charge in [-0.15, -0.1) is 0 Å². The molecule has 1 heterocycles. The van der Waals surface area contributed by atoms with E-state index in [9.17, 15) is 14.7 Å². The highest BCUT2D eigenvalue weighted by molar-refractivity contribution is 5.98. The second-order valence-corrected chi connectivity index (χ2v) is 8.00. The van der Waals surface area contributed by atoms with E-state index in [1.165, 1.54) is 5.56 Å². The van der Waals surface area contributed by atoms with Crippen molar-refractivity contribution in [2.45, 2.75) is 26.2 Å². The number of aliphatic carboxylic acids is 1. The maximum Gasteiger partial charge on any atom is 0.340 e. The maximum atomic E-state index is 13.0. The minimum absolute atomic E-state index is 0.282. The van der Waals surface area contributed by atoms with Gasteiger partial charge in [0.2, 0.25) is 0 Å². The van der Waals surface area contributed by atoms with Crippen LogP contribution in [-0.4, -0.2) is 28.2 Å². The molecule has 5 nitrogen and oxygen atoms in total. The van der Waals surface area contributed by atoms with Crippen molar-refractivity contribution in [1.82, 2.24) is 4.57 Å². The fourth-order valence-electron chi connectivity index (χ4n) is 4.24. The smallest absolute Gasteiger partial charge is 0.340 e. The Labute approximate surface area is 193 Å². The highest BCUT2D eigenvalue weighted by Gasteiger charge is 2.27. The van der Waals surface area contributed by atoms with E-state index < -0.39 is 11.9 Å². The average molecular weight is 442 g/mol. The van der Waals surface area contributed by atoms with Crippen LogP contribution in [0.15, 0.2) is 85.0 Å². The fourth-order valence-corrected chi connectivity index (χ4v) is 4.24. The summed E-state index contributed by atoms with van der Waals surface area (Å²) in [5.74, 6) is -1.84. The molecule has 4 rings (SSSR count). The number of aromatic nitrogens is 1.